The second-order valence-electron chi connectivity index (χ2n) is 4.13. The highest BCUT2D eigenvalue weighted by atomic mass is 127. The van der Waals surface area contributed by atoms with Crippen LogP contribution in [-0.4, -0.2) is 11.6 Å². The number of nitrogens with one attached hydrogen (secondary N) is 1. The fraction of sp³-hybridized carbons (Fsp3) is 0.0667. The lowest BCUT2D eigenvalue weighted by atomic mass is 10.1. The first-order valence-corrected chi connectivity index (χ1v) is 7.38. The average Bonchev–Trinajstić information content (AvgIpc) is 2.45. The van der Waals surface area contributed by atoms with Crippen molar-refractivity contribution in [3.8, 4) is 0 Å². The predicted octanol–water partition coefficient (Wildman–Crippen LogP) is 4.10. The SMILES string of the molecule is C/C(=N/NC(=O)c1ccccc1Cl)c1cccc(I)c1. The molecule has 0 aliphatic heterocycles. The number of hydrogen-bond donors (Lipinski definition) is 1. The minimum Gasteiger partial charge on any atom is -0.267 e. The van der Waals surface area contributed by atoms with Gasteiger partial charge in [-0.15, -0.1) is 0 Å². The highest BCUT2D eigenvalue weighted by molar-refractivity contribution is 14.1. The molecule has 0 aliphatic rings. The van der Waals surface area contributed by atoms with Crippen molar-refractivity contribution in [2.24, 2.45) is 5.10 Å². The summed E-state index contributed by atoms with van der Waals surface area (Å²) in [6, 6.07) is 14.8. The second kappa shape index (κ2) is 6.85. The van der Waals surface area contributed by atoms with Crippen LogP contribution in [0.5, 0.6) is 0 Å². The lowest BCUT2D eigenvalue weighted by Crippen LogP contribution is -2.19. The maximum Gasteiger partial charge on any atom is 0.272 e. The standard InChI is InChI=1S/C15H12ClIN2O/c1-10(11-5-4-6-12(17)9-11)18-19-15(20)13-7-2-3-8-14(13)16/h2-9H,1H3,(H,19,20)/b18-10-. The van der Waals surface area contributed by atoms with Gasteiger partial charge in [-0.25, -0.2) is 5.43 Å². The molecule has 1 amide bonds. The van der Waals surface area contributed by atoms with E-state index >= 15 is 0 Å². The van der Waals surface area contributed by atoms with Crippen LogP contribution >= 0.6 is 34.2 Å². The van der Waals surface area contributed by atoms with Gasteiger partial charge in [-0.1, -0.05) is 35.9 Å². The molecule has 0 saturated carbocycles. The number of nitrogens with zero attached hydrogens (tertiary/aromatic N) is 1. The first-order valence-electron chi connectivity index (χ1n) is 5.93. The summed E-state index contributed by atoms with van der Waals surface area (Å²) in [6.45, 7) is 1.85. The fourth-order valence-electron chi connectivity index (χ4n) is 1.62. The number of hydrazone groups is 1. The normalized spacial score (nSPS) is 11.2. The monoisotopic (exact) mass is 398 g/mol. The van der Waals surface area contributed by atoms with Crippen LogP contribution in [0, 0.1) is 3.57 Å². The van der Waals surface area contributed by atoms with Gasteiger partial charge in [-0.05, 0) is 59.3 Å². The van der Waals surface area contributed by atoms with E-state index in [9.17, 15) is 4.79 Å². The van der Waals surface area contributed by atoms with Gasteiger partial charge in [0.25, 0.3) is 5.91 Å². The molecule has 0 atom stereocenters. The molecule has 2 aromatic rings. The largest absolute Gasteiger partial charge is 0.272 e. The maximum absolute atomic E-state index is 12.0. The molecular formula is C15H12ClIN2O. The minimum absolute atomic E-state index is 0.319. The molecule has 0 aromatic heterocycles. The number of carbonyl (C=O) groups is 1. The predicted molar refractivity (Wildman–Crippen MR) is 90.3 cm³/mol. The van der Waals surface area contributed by atoms with Crippen molar-refractivity contribution in [1.82, 2.24) is 5.43 Å². The fourth-order valence-corrected chi connectivity index (χ4v) is 2.38. The molecule has 0 fully saturated rings. The Morgan fingerprint density at radius 1 is 1.20 bits per heavy atom. The summed E-state index contributed by atoms with van der Waals surface area (Å²) >= 11 is 8.20. The third kappa shape index (κ3) is 3.80. The topological polar surface area (TPSA) is 41.5 Å². The Bertz CT molecular complexity index is 670. The van der Waals surface area contributed by atoms with Gasteiger partial charge in [-0.3, -0.25) is 4.79 Å². The quantitative estimate of drug-likeness (QED) is 0.472. The molecular weight excluding hydrogens is 387 g/mol. The van der Waals surface area contributed by atoms with Crippen molar-refractivity contribution in [3.05, 3.63) is 68.3 Å². The van der Waals surface area contributed by atoms with Crippen molar-refractivity contribution >= 4 is 45.8 Å². The Morgan fingerprint density at radius 2 is 1.95 bits per heavy atom. The number of benzene rings is 2. The van der Waals surface area contributed by atoms with Crippen LogP contribution in [0.25, 0.3) is 0 Å². The van der Waals surface area contributed by atoms with Crippen molar-refractivity contribution in [1.29, 1.82) is 0 Å². The third-order valence-electron chi connectivity index (χ3n) is 2.69. The van der Waals surface area contributed by atoms with Gasteiger partial charge in [-0.2, -0.15) is 5.10 Å². The molecule has 20 heavy (non-hydrogen) atoms. The molecule has 0 spiro atoms. The summed E-state index contributed by atoms with van der Waals surface area (Å²) in [5, 5.41) is 4.52. The van der Waals surface area contributed by atoms with Crippen molar-refractivity contribution in [2.75, 3.05) is 0 Å². The van der Waals surface area contributed by atoms with Crippen LogP contribution in [0.3, 0.4) is 0 Å². The minimum atomic E-state index is -0.319. The molecule has 3 nitrogen and oxygen atoms in total. The Morgan fingerprint density at radius 3 is 2.65 bits per heavy atom. The third-order valence-corrected chi connectivity index (χ3v) is 3.69. The molecule has 0 aliphatic carbocycles. The van der Waals surface area contributed by atoms with E-state index < -0.39 is 0 Å². The summed E-state index contributed by atoms with van der Waals surface area (Å²) in [6.07, 6.45) is 0. The molecule has 102 valence electrons. The molecule has 5 heteroatoms. The Kier molecular flexibility index (Phi) is 5.14. The van der Waals surface area contributed by atoms with Gasteiger partial charge < -0.3 is 0 Å². The van der Waals surface area contributed by atoms with Crippen molar-refractivity contribution in [3.63, 3.8) is 0 Å². The lowest BCUT2D eigenvalue weighted by molar-refractivity contribution is 0.0955. The van der Waals surface area contributed by atoms with E-state index in [1.165, 1.54) is 0 Å². The number of halogens is 2. The number of hydrogen-bond acceptors (Lipinski definition) is 2. The van der Waals surface area contributed by atoms with Gasteiger partial charge in [0.05, 0.1) is 16.3 Å². The van der Waals surface area contributed by atoms with Crippen LogP contribution in [-0.2, 0) is 0 Å². The Labute approximate surface area is 136 Å². The van der Waals surface area contributed by atoms with E-state index in [0.717, 1.165) is 14.8 Å². The summed E-state index contributed by atoms with van der Waals surface area (Å²) < 4.78 is 1.12. The van der Waals surface area contributed by atoms with E-state index in [4.69, 9.17) is 11.6 Å². The summed E-state index contributed by atoms with van der Waals surface area (Å²) in [5.74, 6) is -0.319. The van der Waals surface area contributed by atoms with Crippen molar-refractivity contribution in [2.45, 2.75) is 6.92 Å². The van der Waals surface area contributed by atoms with Gasteiger partial charge in [0.2, 0.25) is 0 Å². The van der Waals surface area contributed by atoms with Gasteiger partial charge in [0.1, 0.15) is 0 Å². The highest BCUT2D eigenvalue weighted by Gasteiger charge is 2.08. The molecule has 0 heterocycles. The average molecular weight is 399 g/mol. The van der Waals surface area contributed by atoms with Gasteiger partial charge in [0.15, 0.2) is 0 Å². The smallest absolute Gasteiger partial charge is 0.267 e. The van der Waals surface area contributed by atoms with E-state index in [-0.39, 0.29) is 5.91 Å². The first-order chi connectivity index (χ1) is 9.58. The second-order valence-corrected chi connectivity index (χ2v) is 5.78. The van der Waals surface area contributed by atoms with E-state index in [0.29, 0.717) is 10.6 Å². The Balaban J connectivity index is 2.13. The summed E-state index contributed by atoms with van der Waals surface area (Å²) in [4.78, 5) is 12.0. The highest BCUT2D eigenvalue weighted by Crippen LogP contribution is 2.14. The zero-order chi connectivity index (χ0) is 14.5. The van der Waals surface area contributed by atoms with Crippen molar-refractivity contribution < 1.29 is 4.79 Å². The van der Waals surface area contributed by atoms with Crippen LogP contribution in [0.4, 0.5) is 0 Å². The summed E-state index contributed by atoms with van der Waals surface area (Å²) in [7, 11) is 0. The maximum atomic E-state index is 12.0. The van der Waals surface area contributed by atoms with Gasteiger partial charge in [0, 0.05) is 3.57 Å². The van der Waals surface area contributed by atoms with E-state index in [2.05, 4.69) is 33.1 Å². The zero-order valence-corrected chi connectivity index (χ0v) is 13.6. The van der Waals surface area contributed by atoms with Crippen LogP contribution < -0.4 is 5.43 Å². The number of rotatable bonds is 3. The number of amides is 1. The molecule has 0 unspecified atom stereocenters. The molecule has 0 saturated heterocycles. The summed E-state index contributed by atoms with van der Waals surface area (Å²) in [5.41, 5.74) is 4.64. The van der Waals surface area contributed by atoms with Crippen LogP contribution in [0.2, 0.25) is 5.02 Å². The molecule has 0 radical (unpaired) electrons. The molecule has 1 N–H and O–H groups in total. The molecule has 0 bridgehead atoms. The molecule has 2 rings (SSSR count). The first kappa shape index (κ1) is 15.0. The number of carbonyl (C=O) groups excluding carboxylic acids is 1. The van der Waals surface area contributed by atoms with E-state index in [1.54, 1.807) is 24.3 Å². The zero-order valence-electron chi connectivity index (χ0n) is 10.7. The molecule has 2 aromatic carbocycles. The van der Waals surface area contributed by atoms with Gasteiger partial charge >= 0.3 is 0 Å². The lowest BCUT2D eigenvalue weighted by Gasteiger charge is -2.04. The van der Waals surface area contributed by atoms with Crippen LogP contribution in [0.15, 0.2) is 53.6 Å². The van der Waals surface area contributed by atoms with Crippen LogP contribution in [0.1, 0.15) is 22.8 Å². The Hall–Kier alpha value is -1.40. The van der Waals surface area contributed by atoms with E-state index in [1.807, 2.05) is 31.2 Å².